The summed E-state index contributed by atoms with van der Waals surface area (Å²) >= 11 is 0. The van der Waals surface area contributed by atoms with Gasteiger partial charge in [-0.05, 0) is 62.4 Å². The molecular formula is C18H27NO2. The zero-order chi connectivity index (χ0) is 15.2. The van der Waals surface area contributed by atoms with Gasteiger partial charge in [0.25, 0.3) is 0 Å². The van der Waals surface area contributed by atoms with Crippen LogP contribution < -0.4 is 4.74 Å². The first-order chi connectivity index (χ1) is 10.1. The molecule has 2 rings (SSSR count). The minimum absolute atomic E-state index is 0.723. The highest BCUT2D eigenvalue weighted by Gasteiger charge is 2.20. The summed E-state index contributed by atoms with van der Waals surface area (Å²) in [5.74, 6) is 2.50. The third-order valence-electron chi connectivity index (χ3n) is 4.64. The minimum Gasteiger partial charge on any atom is -0.496 e. The van der Waals surface area contributed by atoms with Crippen molar-refractivity contribution < 1.29 is 9.53 Å². The van der Waals surface area contributed by atoms with Crippen LogP contribution in [-0.4, -0.2) is 31.4 Å². The van der Waals surface area contributed by atoms with E-state index in [1.165, 1.54) is 19.3 Å². The molecule has 1 aromatic carbocycles. The summed E-state index contributed by atoms with van der Waals surface area (Å²) in [6.07, 6.45) is 4.77. The molecule has 1 heterocycles. The van der Waals surface area contributed by atoms with Gasteiger partial charge in [0.1, 0.15) is 12.0 Å². The van der Waals surface area contributed by atoms with Crippen molar-refractivity contribution >= 4 is 6.29 Å². The molecule has 0 aromatic heterocycles. The van der Waals surface area contributed by atoms with Crippen molar-refractivity contribution in [2.45, 2.75) is 39.7 Å². The normalized spacial score (nSPS) is 20.3. The fraction of sp³-hybridized carbons (Fsp3) is 0.611. The van der Waals surface area contributed by atoms with Crippen molar-refractivity contribution in [1.29, 1.82) is 0 Å². The second-order valence-electron chi connectivity index (χ2n) is 6.40. The molecule has 0 saturated carbocycles. The Bertz CT molecular complexity index is 470. The lowest BCUT2D eigenvalue weighted by molar-refractivity contribution is 0.112. The van der Waals surface area contributed by atoms with Crippen LogP contribution in [0, 0.1) is 11.8 Å². The zero-order valence-electron chi connectivity index (χ0n) is 13.5. The molecule has 0 radical (unpaired) electrons. The number of hydrogen-bond donors (Lipinski definition) is 0. The molecule has 0 spiro atoms. The van der Waals surface area contributed by atoms with E-state index in [9.17, 15) is 4.79 Å². The molecule has 1 saturated heterocycles. The van der Waals surface area contributed by atoms with Crippen LogP contribution in [-0.2, 0) is 6.54 Å². The number of ether oxygens (including phenoxy) is 1. The summed E-state index contributed by atoms with van der Waals surface area (Å²) in [5, 5.41) is 0. The first-order valence-electron chi connectivity index (χ1n) is 7.98. The second kappa shape index (κ2) is 7.60. The van der Waals surface area contributed by atoms with Crippen molar-refractivity contribution in [2.75, 3.05) is 20.2 Å². The lowest BCUT2D eigenvalue weighted by Gasteiger charge is -2.22. The summed E-state index contributed by atoms with van der Waals surface area (Å²) in [6.45, 7) is 7.80. The summed E-state index contributed by atoms with van der Waals surface area (Å²) in [5.41, 5.74) is 1.84. The number of hydrogen-bond acceptors (Lipinski definition) is 3. The van der Waals surface area contributed by atoms with E-state index in [-0.39, 0.29) is 0 Å². The van der Waals surface area contributed by atoms with Gasteiger partial charge < -0.3 is 4.74 Å². The third-order valence-corrected chi connectivity index (χ3v) is 4.64. The number of aldehydes is 1. The summed E-state index contributed by atoms with van der Waals surface area (Å²) < 4.78 is 5.43. The highest BCUT2D eigenvalue weighted by molar-refractivity contribution is 5.75. The van der Waals surface area contributed by atoms with Gasteiger partial charge >= 0.3 is 0 Å². The van der Waals surface area contributed by atoms with Crippen LogP contribution >= 0.6 is 0 Å². The Hall–Kier alpha value is -1.35. The van der Waals surface area contributed by atoms with E-state index in [0.29, 0.717) is 0 Å². The van der Waals surface area contributed by atoms with Crippen molar-refractivity contribution in [3.8, 4) is 5.75 Å². The minimum atomic E-state index is 0.723. The monoisotopic (exact) mass is 289 g/mol. The standard InChI is InChI=1S/C18H27NO2/c1-14(2)16-5-4-9-19(10-8-16)12-17-11-15(13-20)6-7-18(17)21-3/h6-7,11,13-14,16H,4-5,8-10,12H2,1-3H3. The van der Waals surface area contributed by atoms with E-state index in [1.807, 2.05) is 18.2 Å². The van der Waals surface area contributed by atoms with E-state index in [2.05, 4.69) is 18.7 Å². The molecule has 3 heteroatoms. The van der Waals surface area contributed by atoms with Gasteiger partial charge in [0.2, 0.25) is 0 Å². The molecule has 3 nitrogen and oxygen atoms in total. The molecule has 1 aliphatic rings. The Labute approximate surface area is 128 Å². The third kappa shape index (κ3) is 4.31. The average Bonchev–Trinajstić information content (AvgIpc) is 2.73. The van der Waals surface area contributed by atoms with E-state index in [1.54, 1.807) is 7.11 Å². The molecule has 1 aromatic rings. The Balaban J connectivity index is 2.05. The van der Waals surface area contributed by atoms with E-state index in [4.69, 9.17) is 4.74 Å². The van der Waals surface area contributed by atoms with Crippen LogP contribution in [0.2, 0.25) is 0 Å². The molecule has 1 aliphatic heterocycles. The molecule has 116 valence electrons. The predicted molar refractivity (Wildman–Crippen MR) is 85.8 cm³/mol. The predicted octanol–water partition coefficient (Wildman–Crippen LogP) is 3.77. The maximum atomic E-state index is 11.0. The number of likely N-dealkylation sites (tertiary alicyclic amines) is 1. The zero-order valence-corrected chi connectivity index (χ0v) is 13.5. The summed E-state index contributed by atoms with van der Waals surface area (Å²) in [7, 11) is 1.69. The van der Waals surface area contributed by atoms with E-state index >= 15 is 0 Å². The molecule has 0 amide bonds. The van der Waals surface area contributed by atoms with Gasteiger partial charge in [0.05, 0.1) is 7.11 Å². The fourth-order valence-electron chi connectivity index (χ4n) is 3.24. The first kappa shape index (κ1) is 16.0. The molecule has 0 bridgehead atoms. The number of carbonyl (C=O) groups excluding carboxylic acids is 1. The molecular weight excluding hydrogens is 262 g/mol. The highest BCUT2D eigenvalue weighted by Crippen LogP contribution is 2.27. The van der Waals surface area contributed by atoms with Crippen LogP contribution in [0.4, 0.5) is 0 Å². The van der Waals surface area contributed by atoms with Gasteiger partial charge in [0.15, 0.2) is 0 Å². The average molecular weight is 289 g/mol. The smallest absolute Gasteiger partial charge is 0.150 e. The van der Waals surface area contributed by atoms with Gasteiger partial charge in [-0.25, -0.2) is 0 Å². The van der Waals surface area contributed by atoms with Crippen LogP contribution in [0.25, 0.3) is 0 Å². The molecule has 0 N–H and O–H groups in total. The lowest BCUT2D eigenvalue weighted by Crippen LogP contribution is -2.25. The number of rotatable bonds is 5. The highest BCUT2D eigenvalue weighted by atomic mass is 16.5. The van der Waals surface area contributed by atoms with E-state index in [0.717, 1.165) is 54.6 Å². The van der Waals surface area contributed by atoms with E-state index < -0.39 is 0 Å². The maximum Gasteiger partial charge on any atom is 0.150 e. The Morgan fingerprint density at radius 3 is 2.81 bits per heavy atom. The van der Waals surface area contributed by atoms with Crippen molar-refractivity contribution in [2.24, 2.45) is 11.8 Å². The van der Waals surface area contributed by atoms with Crippen LogP contribution in [0.5, 0.6) is 5.75 Å². The SMILES string of the molecule is COc1ccc(C=O)cc1CN1CCCC(C(C)C)CC1. The Morgan fingerprint density at radius 2 is 2.14 bits per heavy atom. The van der Waals surface area contributed by atoms with Crippen molar-refractivity contribution in [1.82, 2.24) is 4.90 Å². The first-order valence-corrected chi connectivity index (χ1v) is 7.98. The summed E-state index contributed by atoms with van der Waals surface area (Å²) in [4.78, 5) is 13.5. The van der Waals surface area contributed by atoms with Crippen LogP contribution in [0.1, 0.15) is 49.0 Å². The molecule has 0 aliphatic carbocycles. The van der Waals surface area contributed by atoms with Crippen molar-refractivity contribution in [3.63, 3.8) is 0 Å². The lowest BCUT2D eigenvalue weighted by atomic mass is 9.89. The van der Waals surface area contributed by atoms with Crippen LogP contribution in [0.15, 0.2) is 18.2 Å². The Morgan fingerprint density at radius 1 is 1.33 bits per heavy atom. The van der Waals surface area contributed by atoms with Gasteiger partial charge in [-0.15, -0.1) is 0 Å². The van der Waals surface area contributed by atoms with Gasteiger partial charge in [-0.2, -0.15) is 0 Å². The quantitative estimate of drug-likeness (QED) is 0.773. The molecule has 21 heavy (non-hydrogen) atoms. The molecule has 1 fully saturated rings. The van der Waals surface area contributed by atoms with Gasteiger partial charge in [-0.3, -0.25) is 9.69 Å². The topological polar surface area (TPSA) is 29.5 Å². The number of benzene rings is 1. The van der Waals surface area contributed by atoms with Crippen molar-refractivity contribution in [3.05, 3.63) is 29.3 Å². The van der Waals surface area contributed by atoms with Gasteiger partial charge in [0, 0.05) is 17.7 Å². The van der Waals surface area contributed by atoms with Gasteiger partial charge in [-0.1, -0.05) is 13.8 Å². The summed E-state index contributed by atoms with van der Waals surface area (Å²) in [6, 6.07) is 5.66. The largest absolute Gasteiger partial charge is 0.496 e. The molecule has 1 unspecified atom stereocenters. The number of nitrogens with zero attached hydrogens (tertiary/aromatic N) is 1. The fourth-order valence-corrected chi connectivity index (χ4v) is 3.24. The Kier molecular flexibility index (Phi) is 5.80. The molecule has 1 atom stereocenters. The number of methoxy groups -OCH3 is 1. The second-order valence-corrected chi connectivity index (χ2v) is 6.40. The maximum absolute atomic E-state index is 11.0. The van der Waals surface area contributed by atoms with Crippen LogP contribution in [0.3, 0.4) is 0 Å². The number of carbonyl (C=O) groups is 1.